The van der Waals surface area contributed by atoms with Crippen molar-refractivity contribution in [3.05, 3.63) is 69.2 Å². The second kappa shape index (κ2) is 13.1. The molecule has 0 aliphatic heterocycles. The van der Waals surface area contributed by atoms with E-state index in [2.05, 4.69) is 19.2 Å². The van der Waals surface area contributed by atoms with Gasteiger partial charge in [-0.2, -0.15) is 0 Å². The van der Waals surface area contributed by atoms with Crippen LogP contribution in [-0.2, 0) is 21.9 Å². The van der Waals surface area contributed by atoms with Crippen LogP contribution in [0.5, 0.6) is 0 Å². The molecule has 0 radical (unpaired) electrons. The summed E-state index contributed by atoms with van der Waals surface area (Å²) in [6.45, 7) is 9.06. The zero-order valence-electron chi connectivity index (χ0n) is 19.2. The third kappa shape index (κ3) is 8.34. The van der Waals surface area contributed by atoms with Crippen molar-refractivity contribution < 1.29 is 9.59 Å². The number of rotatable bonds is 11. The molecule has 32 heavy (non-hydrogen) atoms. The standard InChI is InChI=1S/C25H32Cl2N2O2S/c1-5-23(25(31)28-13-17(2)3)29(14-19-8-6-18(4)7-9-19)24(30)16-32-15-20-10-11-21(26)12-22(20)27/h6-12,17,23H,5,13-16H2,1-4H3,(H,28,31)/t23-/m1/s1. The normalized spacial score (nSPS) is 12.0. The first kappa shape index (κ1) is 26.6. The van der Waals surface area contributed by atoms with Crippen molar-refractivity contribution in [2.24, 2.45) is 5.92 Å². The van der Waals surface area contributed by atoms with Crippen LogP contribution in [0.3, 0.4) is 0 Å². The number of thioether (sulfide) groups is 1. The fourth-order valence-corrected chi connectivity index (χ4v) is 4.67. The van der Waals surface area contributed by atoms with E-state index in [-0.39, 0.29) is 17.6 Å². The molecule has 1 N–H and O–H groups in total. The van der Waals surface area contributed by atoms with E-state index >= 15 is 0 Å². The molecule has 2 rings (SSSR count). The van der Waals surface area contributed by atoms with Gasteiger partial charge in [0.1, 0.15) is 6.04 Å². The molecule has 0 aromatic heterocycles. The van der Waals surface area contributed by atoms with Crippen LogP contribution in [0.1, 0.15) is 43.9 Å². The molecule has 0 unspecified atom stereocenters. The number of nitrogens with one attached hydrogen (secondary N) is 1. The van der Waals surface area contributed by atoms with Gasteiger partial charge in [-0.15, -0.1) is 11.8 Å². The predicted octanol–water partition coefficient (Wildman–Crippen LogP) is 6.11. The first-order chi connectivity index (χ1) is 15.2. The summed E-state index contributed by atoms with van der Waals surface area (Å²) in [6, 6.07) is 12.9. The summed E-state index contributed by atoms with van der Waals surface area (Å²) in [6.07, 6.45) is 0.551. The fraction of sp³-hybridized carbons (Fsp3) is 0.440. The van der Waals surface area contributed by atoms with E-state index < -0.39 is 6.04 Å². The molecular formula is C25H32Cl2N2O2S. The van der Waals surface area contributed by atoms with Crippen LogP contribution < -0.4 is 5.32 Å². The molecule has 0 saturated carbocycles. The van der Waals surface area contributed by atoms with Gasteiger partial charge in [-0.1, -0.05) is 79.9 Å². The maximum absolute atomic E-state index is 13.3. The lowest BCUT2D eigenvalue weighted by molar-refractivity contribution is -0.139. The van der Waals surface area contributed by atoms with E-state index in [0.29, 0.717) is 41.2 Å². The Morgan fingerprint density at radius 1 is 1.09 bits per heavy atom. The number of halogens is 2. The highest BCUT2D eigenvalue weighted by atomic mass is 35.5. The summed E-state index contributed by atoms with van der Waals surface area (Å²) < 4.78 is 0. The highest BCUT2D eigenvalue weighted by Gasteiger charge is 2.28. The molecular weight excluding hydrogens is 463 g/mol. The van der Waals surface area contributed by atoms with Crippen LogP contribution in [-0.4, -0.2) is 35.1 Å². The minimum Gasteiger partial charge on any atom is -0.354 e. The molecule has 0 bridgehead atoms. The summed E-state index contributed by atoms with van der Waals surface area (Å²) in [4.78, 5) is 27.9. The number of benzene rings is 2. The van der Waals surface area contributed by atoms with Gasteiger partial charge in [-0.25, -0.2) is 0 Å². The topological polar surface area (TPSA) is 49.4 Å². The Morgan fingerprint density at radius 3 is 2.38 bits per heavy atom. The van der Waals surface area contributed by atoms with Gasteiger partial charge < -0.3 is 10.2 Å². The molecule has 1 atom stereocenters. The SMILES string of the molecule is CC[C@H](C(=O)NCC(C)C)N(Cc1ccc(C)cc1)C(=O)CSCc1ccc(Cl)cc1Cl. The average molecular weight is 496 g/mol. The van der Waals surface area contributed by atoms with Crippen molar-refractivity contribution in [3.63, 3.8) is 0 Å². The van der Waals surface area contributed by atoms with Gasteiger partial charge in [-0.3, -0.25) is 9.59 Å². The molecule has 7 heteroatoms. The minimum absolute atomic E-state index is 0.0628. The van der Waals surface area contributed by atoms with Gasteiger partial charge in [0.05, 0.1) is 5.75 Å². The van der Waals surface area contributed by atoms with E-state index in [4.69, 9.17) is 23.2 Å². The van der Waals surface area contributed by atoms with Gasteiger partial charge in [-0.05, 0) is 42.5 Å². The van der Waals surface area contributed by atoms with Crippen LogP contribution in [0.25, 0.3) is 0 Å². The van der Waals surface area contributed by atoms with Crippen LogP contribution >= 0.6 is 35.0 Å². The molecule has 0 fully saturated rings. The highest BCUT2D eigenvalue weighted by Crippen LogP contribution is 2.25. The molecule has 2 amide bonds. The predicted molar refractivity (Wildman–Crippen MR) is 136 cm³/mol. The molecule has 174 valence electrons. The number of amides is 2. The second-order valence-electron chi connectivity index (χ2n) is 8.30. The summed E-state index contributed by atoms with van der Waals surface area (Å²) in [5.74, 6) is 1.03. The fourth-order valence-electron chi connectivity index (χ4n) is 3.20. The van der Waals surface area contributed by atoms with E-state index in [1.165, 1.54) is 11.8 Å². The van der Waals surface area contributed by atoms with E-state index in [1.54, 1.807) is 17.0 Å². The monoisotopic (exact) mass is 494 g/mol. The summed E-state index contributed by atoms with van der Waals surface area (Å²) >= 11 is 13.7. The number of carbonyl (C=O) groups is 2. The number of carbonyl (C=O) groups excluding carboxylic acids is 2. The molecule has 2 aromatic rings. The molecule has 0 saturated heterocycles. The van der Waals surface area contributed by atoms with Crippen molar-refractivity contribution in [3.8, 4) is 0 Å². The summed E-state index contributed by atoms with van der Waals surface area (Å²) in [5, 5.41) is 4.17. The maximum Gasteiger partial charge on any atom is 0.242 e. The van der Waals surface area contributed by atoms with Crippen molar-refractivity contribution in [2.45, 2.75) is 52.5 Å². The molecule has 4 nitrogen and oxygen atoms in total. The highest BCUT2D eigenvalue weighted by molar-refractivity contribution is 7.99. The molecule has 0 aliphatic carbocycles. The smallest absolute Gasteiger partial charge is 0.242 e. The van der Waals surface area contributed by atoms with Crippen molar-refractivity contribution >= 4 is 46.8 Å². The Hall–Kier alpha value is -1.69. The average Bonchev–Trinajstić information content (AvgIpc) is 2.74. The van der Waals surface area contributed by atoms with Crippen LogP contribution in [0, 0.1) is 12.8 Å². The first-order valence-corrected chi connectivity index (χ1v) is 12.8. The Labute approximate surface area is 206 Å². The van der Waals surface area contributed by atoms with Gasteiger partial charge in [0.2, 0.25) is 11.8 Å². The van der Waals surface area contributed by atoms with Crippen molar-refractivity contribution in [2.75, 3.05) is 12.3 Å². The van der Waals surface area contributed by atoms with Crippen LogP contribution in [0.2, 0.25) is 10.0 Å². The van der Waals surface area contributed by atoms with Crippen LogP contribution in [0.15, 0.2) is 42.5 Å². The Balaban J connectivity index is 2.12. The Bertz CT molecular complexity index is 903. The molecule has 0 aliphatic rings. The first-order valence-electron chi connectivity index (χ1n) is 10.9. The van der Waals surface area contributed by atoms with Crippen molar-refractivity contribution in [1.29, 1.82) is 0 Å². The van der Waals surface area contributed by atoms with Gasteiger partial charge in [0.15, 0.2) is 0 Å². The Morgan fingerprint density at radius 2 is 1.78 bits per heavy atom. The van der Waals surface area contributed by atoms with E-state index in [9.17, 15) is 9.59 Å². The number of hydrogen-bond donors (Lipinski definition) is 1. The second-order valence-corrected chi connectivity index (χ2v) is 10.1. The minimum atomic E-state index is -0.512. The third-order valence-electron chi connectivity index (χ3n) is 5.04. The lowest BCUT2D eigenvalue weighted by Gasteiger charge is -2.31. The van der Waals surface area contributed by atoms with Gasteiger partial charge >= 0.3 is 0 Å². The Kier molecular flexibility index (Phi) is 10.9. The van der Waals surface area contributed by atoms with Crippen LogP contribution in [0.4, 0.5) is 0 Å². The zero-order chi connectivity index (χ0) is 23.7. The zero-order valence-corrected chi connectivity index (χ0v) is 21.5. The van der Waals surface area contributed by atoms with Gasteiger partial charge in [0.25, 0.3) is 0 Å². The molecule has 0 spiro atoms. The quantitative estimate of drug-likeness (QED) is 0.409. The summed E-state index contributed by atoms with van der Waals surface area (Å²) in [5.41, 5.74) is 3.09. The molecule has 0 heterocycles. The lowest BCUT2D eigenvalue weighted by atomic mass is 10.1. The third-order valence-corrected chi connectivity index (χ3v) is 6.60. The van der Waals surface area contributed by atoms with Gasteiger partial charge in [0, 0.05) is 28.9 Å². The maximum atomic E-state index is 13.3. The number of nitrogens with zero attached hydrogens (tertiary/aromatic N) is 1. The van der Waals surface area contributed by atoms with Crippen molar-refractivity contribution in [1.82, 2.24) is 10.2 Å². The largest absolute Gasteiger partial charge is 0.354 e. The summed E-state index contributed by atoms with van der Waals surface area (Å²) in [7, 11) is 0. The number of hydrogen-bond acceptors (Lipinski definition) is 3. The number of aryl methyl sites for hydroxylation is 1. The molecule has 2 aromatic carbocycles. The van der Waals surface area contributed by atoms with E-state index in [0.717, 1.165) is 16.7 Å². The van der Waals surface area contributed by atoms with E-state index in [1.807, 2.05) is 44.2 Å². The lowest BCUT2D eigenvalue weighted by Crippen LogP contribution is -2.50.